The highest BCUT2D eigenvalue weighted by atomic mass is 127. The molecule has 0 aliphatic rings. The normalized spacial score (nSPS) is 11.5. The maximum atomic E-state index is 12.6. The number of aryl methyl sites for hydroxylation is 1. The number of thioether (sulfide) groups is 1. The second kappa shape index (κ2) is 10.1. The number of aromatic nitrogens is 1. The van der Waals surface area contributed by atoms with E-state index < -0.39 is 11.7 Å². The van der Waals surface area contributed by atoms with Gasteiger partial charge in [-0.2, -0.15) is 14.0 Å². The third kappa shape index (κ3) is 5.74. The first-order chi connectivity index (χ1) is 14.8. The van der Waals surface area contributed by atoms with Crippen molar-refractivity contribution in [2.75, 3.05) is 5.32 Å². The van der Waals surface area contributed by atoms with Gasteiger partial charge < -0.3 is 9.88 Å². The molecule has 3 aromatic rings. The largest absolute Gasteiger partial charge is 0.321 e. The van der Waals surface area contributed by atoms with Crippen molar-refractivity contribution in [3.8, 4) is 11.8 Å². The molecule has 0 saturated carbocycles. The number of nitrogens with one attached hydrogen (secondary N) is 1. The van der Waals surface area contributed by atoms with E-state index in [1.54, 1.807) is 6.08 Å². The number of halogens is 3. The van der Waals surface area contributed by atoms with Crippen LogP contribution in [0.1, 0.15) is 17.0 Å². The monoisotopic (exact) mass is 549 g/mol. The lowest BCUT2D eigenvalue weighted by atomic mass is 10.1. The van der Waals surface area contributed by atoms with E-state index in [0.29, 0.717) is 22.3 Å². The van der Waals surface area contributed by atoms with Crippen LogP contribution < -0.4 is 5.32 Å². The minimum atomic E-state index is -2.51. The molecule has 0 fully saturated rings. The zero-order chi connectivity index (χ0) is 22.5. The number of carbonyl (C=O) groups excluding carboxylic acids is 1. The second-order valence-corrected chi connectivity index (χ2v) is 8.97. The van der Waals surface area contributed by atoms with Crippen LogP contribution in [0.25, 0.3) is 11.8 Å². The molecule has 0 aliphatic heterocycles. The van der Waals surface area contributed by atoms with Crippen molar-refractivity contribution in [3.05, 3.63) is 80.7 Å². The molecular formula is C23H18F2IN3OS. The van der Waals surface area contributed by atoms with Crippen molar-refractivity contribution >= 4 is 52.0 Å². The number of alkyl halides is 2. The van der Waals surface area contributed by atoms with E-state index >= 15 is 0 Å². The lowest BCUT2D eigenvalue weighted by Crippen LogP contribution is -2.13. The lowest BCUT2D eigenvalue weighted by molar-refractivity contribution is -0.112. The molecule has 0 unspecified atom stereocenters. The number of benzene rings is 2. The van der Waals surface area contributed by atoms with Crippen LogP contribution in [0.3, 0.4) is 0 Å². The van der Waals surface area contributed by atoms with Gasteiger partial charge in [0.2, 0.25) is 0 Å². The van der Waals surface area contributed by atoms with Crippen molar-refractivity contribution in [2.24, 2.45) is 0 Å². The minimum absolute atomic E-state index is 0.0473. The predicted molar refractivity (Wildman–Crippen MR) is 128 cm³/mol. The van der Waals surface area contributed by atoms with E-state index in [1.165, 1.54) is 24.3 Å². The number of nitriles is 1. The molecule has 8 heteroatoms. The van der Waals surface area contributed by atoms with Gasteiger partial charge in [0.25, 0.3) is 11.7 Å². The molecule has 4 nitrogen and oxygen atoms in total. The van der Waals surface area contributed by atoms with E-state index in [0.717, 1.165) is 26.2 Å². The Morgan fingerprint density at radius 1 is 1.16 bits per heavy atom. The number of amides is 1. The van der Waals surface area contributed by atoms with Crippen LogP contribution in [0.15, 0.2) is 65.1 Å². The van der Waals surface area contributed by atoms with E-state index in [9.17, 15) is 18.8 Å². The van der Waals surface area contributed by atoms with Crippen LogP contribution in [0, 0.1) is 28.7 Å². The average Bonchev–Trinajstić information content (AvgIpc) is 3.01. The molecule has 2 aromatic carbocycles. The number of hydrogen-bond acceptors (Lipinski definition) is 3. The van der Waals surface area contributed by atoms with Gasteiger partial charge in [-0.15, -0.1) is 0 Å². The van der Waals surface area contributed by atoms with E-state index in [1.807, 2.05) is 50.2 Å². The molecule has 1 amide bonds. The summed E-state index contributed by atoms with van der Waals surface area (Å²) in [5, 5.41) is 12.2. The number of nitrogens with zero attached hydrogens (tertiary/aromatic N) is 2. The molecule has 31 heavy (non-hydrogen) atoms. The molecule has 158 valence electrons. The minimum Gasteiger partial charge on any atom is -0.321 e. The Morgan fingerprint density at radius 2 is 1.81 bits per heavy atom. The van der Waals surface area contributed by atoms with Crippen molar-refractivity contribution < 1.29 is 13.6 Å². The summed E-state index contributed by atoms with van der Waals surface area (Å²) in [5.74, 6) is -3.07. The summed E-state index contributed by atoms with van der Waals surface area (Å²) in [6.45, 7) is 3.90. The van der Waals surface area contributed by atoms with Crippen LogP contribution in [-0.4, -0.2) is 16.2 Å². The van der Waals surface area contributed by atoms with Gasteiger partial charge in [0, 0.05) is 31.2 Å². The molecule has 0 saturated heterocycles. The molecule has 0 bridgehead atoms. The summed E-state index contributed by atoms with van der Waals surface area (Å²) in [6.07, 6.45) is 1.56. The average molecular weight is 549 g/mol. The molecule has 0 radical (unpaired) electrons. The van der Waals surface area contributed by atoms with Gasteiger partial charge in [-0.3, -0.25) is 4.79 Å². The Bertz CT molecular complexity index is 1160. The van der Waals surface area contributed by atoms with E-state index in [4.69, 9.17) is 0 Å². The number of hydrogen-bond donors (Lipinski definition) is 1. The summed E-state index contributed by atoms with van der Waals surface area (Å²) in [6, 6.07) is 18.0. The molecule has 0 atom stereocenters. The topological polar surface area (TPSA) is 57.8 Å². The summed E-state index contributed by atoms with van der Waals surface area (Å²) < 4.78 is 28.0. The maximum Gasteiger partial charge on any atom is 0.288 e. The van der Waals surface area contributed by atoms with Crippen LogP contribution in [0.4, 0.5) is 14.5 Å². The van der Waals surface area contributed by atoms with Crippen LogP contribution >= 0.6 is 34.4 Å². The smallest absolute Gasteiger partial charge is 0.288 e. The van der Waals surface area contributed by atoms with Gasteiger partial charge in [0.05, 0.1) is 0 Å². The van der Waals surface area contributed by atoms with Gasteiger partial charge in [-0.25, -0.2) is 0 Å². The van der Waals surface area contributed by atoms with E-state index in [-0.39, 0.29) is 5.57 Å². The SMILES string of the molecule is Cc1cc(/C=C(/C#N)C(=O)Nc2ccc(SC(F)F)cc2)c(C)n1-c1ccc(I)cc1. The van der Waals surface area contributed by atoms with Crippen LogP contribution in [-0.2, 0) is 4.79 Å². The number of carbonyl (C=O) groups is 1. The lowest BCUT2D eigenvalue weighted by Gasteiger charge is -2.10. The fraction of sp³-hybridized carbons (Fsp3) is 0.130. The Hall–Kier alpha value is -2.64. The zero-order valence-electron chi connectivity index (χ0n) is 16.7. The van der Waals surface area contributed by atoms with Crippen molar-refractivity contribution in [1.82, 2.24) is 4.57 Å². The molecule has 1 N–H and O–H groups in total. The van der Waals surface area contributed by atoms with Crippen molar-refractivity contribution in [3.63, 3.8) is 0 Å². The number of rotatable bonds is 6. The summed E-state index contributed by atoms with van der Waals surface area (Å²) in [7, 11) is 0. The maximum absolute atomic E-state index is 12.6. The van der Waals surface area contributed by atoms with Gasteiger partial charge in [0.15, 0.2) is 0 Å². The number of anilines is 1. The third-order valence-electron chi connectivity index (χ3n) is 4.56. The predicted octanol–water partition coefficient (Wildman–Crippen LogP) is 6.56. The first-order valence-corrected chi connectivity index (χ1v) is 11.2. The van der Waals surface area contributed by atoms with Crippen LogP contribution in [0.5, 0.6) is 0 Å². The zero-order valence-corrected chi connectivity index (χ0v) is 19.7. The van der Waals surface area contributed by atoms with E-state index in [2.05, 4.69) is 32.5 Å². The molecule has 0 spiro atoms. The fourth-order valence-electron chi connectivity index (χ4n) is 3.14. The third-order valence-corrected chi connectivity index (χ3v) is 6.00. The Morgan fingerprint density at radius 3 is 2.39 bits per heavy atom. The summed E-state index contributed by atoms with van der Waals surface area (Å²) in [4.78, 5) is 13.0. The van der Waals surface area contributed by atoms with Crippen molar-refractivity contribution in [2.45, 2.75) is 24.5 Å². The van der Waals surface area contributed by atoms with Gasteiger partial charge in [-0.1, -0.05) is 11.8 Å². The van der Waals surface area contributed by atoms with Crippen LogP contribution in [0.2, 0.25) is 0 Å². The molecular weight excluding hydrogens is 531 g/mol. The van der Waals surface area contributed by atoms with Gasteiger partial charge in [0.1, 0.15) is 11.6 Å². The highest BCUT2D eigenvalue weighted by Gasteiger charge is 2.14. The molecule has 1 heterocycles. The fourth-order valence-corrected chi connectivity index (χ4v) is 4.00. The first kappa shape index (κ1) is 23.0. The summed E-state index contributed by atoms with van der Waals surface area (Å²) in [5.41, 5.74) is 4.04. The molecule has 3 rings (SSSR count). The Kier molecular flexibility index (Phi) is 7.51. The van der Waals surface area contributed by atoms with Gasteiger partial charge in [-0.05, 0) is 103 Å². The Labute approximate surface area is 197 Å². The summed E-state index contributed by atoms with van der Waals surface area (Å²) >= 11 is 2.68. The first-order valence-electron chi connectivity index (χ1n) is 9.21. The van der Waals surface area contributed by atoms with Gasteiger partial charge >= 0.3 is 0 Å². The van der Waals surface area contributed by atoms with Crippen molar-refractivity contribution in [1.29, 1.82) is 5.26 Å². The molecule has 1 aromatic heterocycles. The highest BCUT2D eigenvalue weighted by molar-refractivity contribution is 14.1. The molecule has 0 aliphatic carbocycles. The standard InChI is InChI=1S/C23H18F2IN3OS/c1-14-11-16(15(2)29(14)20-7-3-18(26)4-8-20)12-17(13-27)22(30)28-19-5-9-21(10-6-19)31-23(24)25/h3-12,23H,1-2H3,(H,28,30)/b17-12-. The second-order valence-electron chi connectivity index (χ2n) is 6.67. The Balaban J connectivity index is 1.83. The quantitative estimate of drug-likeness (QED) is 0.164. The highest BCUT2D eigenvalue weighted by Crippen LogP contribution is 2.27.